The van der Waals surface area contributed by atoms with Gasteiger partial charge in [-0.1, -0.05) is 17.7 Å². The Bertz CT molecular complexity index is 913. The number of aryl methyl sites for hydroxylation is 1. The monoisotopic (exact) mass is 405 g/mol. The van der Waals surface area contributed by atoms with E-state index < -0.39 is 10.0 Å². The lowest BCUT2D eigenvalue weighted by molar-refractivity contribution is -0.111. The number of urea groups is 1. The van der Waals surface area contributed by atoms with Crippen LogP contribution in [0.3, 0.4) is 0 Å². The molecule has 28 heavy (non-hydrogen) atoms. The van der Waals surface area contributed by atoms with Gasteiger partial charge in [0.2, 0.25) is 10.0 Å². The number of hydrogen-bond acceptors (Lipinski definition) is 5. The Morgan fingerprint density at radius 2 is 1.79 bits per heavy atom. The minimum absolute atomic E-state index is 0.204. The highest BCUT2D eigenvalue weighted by Gasteiger charge is 2.41. The van der Waals surface area contributed by atoms with Gasteiger partial charge in [-0.05, 0) is 31.2 Å². The van der Waals surface area contributed by atoms with Crippen LogP contribution in [0.4, 0.5) is 4.79 Å². The zero-order valence-corrected chi connectivity index (χ0v) is 16.4. The highest BCUT2D eigenvalue weighted by molar-refractivity contribution is 7.89. The van der Waals surface area contributed by atoms with E-state index in [0.29, 0.717) is 25.4 Å². The van der Waals surface area contributed by atoms with Gasteiger partial charge in [0.15, 0.2) is 0 Å². The largest absolute Gasteiger partial charge is 0.467 e. The first-order chi connectivity index (χ1) is 13.4. The number of furan rings is 1. The Balaban J connectivity index is 1.39. The minimum atomic E-state index is -3.58. The molecule has 1 N–H and O–H groups in total. The quantitative estimate of drug-likeness (QED) is 0.834. The van der Waals surface area contributed by atoms with Gasteiger partial charge in [-0.2, -0.15) is 4.31 Å². The number of hydrogen-bond donors (Lipinski definition) is 1. The zero-order chi connectivity index (χ0) is 19.7. The van der Waals surface area contributed by atoms with Crippen molar-refractivity contribution < 1.29 is 22.4 Å². The molecule has 2 bridgehead atoms. The van der Waals surface area contributed by atoms with E-state index in [1.165, 1.54) is 4.31 Å². The summed E-state index contributed by atoms with van der Waals surface area (Å²) in [6.45, 7) is 3.39. The fourth-order valence-corrected chi connectivity index (χ4v) is 5.07. The second-order valence-corrected chi connectivity index (χ2v) is 9.10. The van der Waals surface area contributed by atoms with Gasteiger partial charge in [0.05, 0.1) is 43.0 Å². The van der Waals surface area contributed by atoms with E-state index in [1.807, 2.05) is 6.92 Å². The maximum absolute atomic E-state index is 12.9. The van der Waals surface area contributed by atoms with Crippen LogP contribution in [0, 0.1) is 6.92 Å². The van der Waals surface area contributed by atoms with Crippen LogP contribution in [0.15, 0.2) is 52.0 Å². The van der Waals surface area contributed by atoms with Gasteiger partial charge in [-0.25, -0.2) is 13.2 Å². The number of rotatable bonds is 4. The molecular formula is C19H23N3O5S. The molecular weight excluding hydrogens is 382 g/mol. The van der Waals surface area contributed by atoms with Crippen molar-refractivity contribution in [2.75, 3.05) is 26.2 Å². The number of carbonyl (C=O) groups is 1. The van der Waals surface area contributed by atoms with Crippen molar-refractivity contribution in [3.05, 3.63) is 54.0 Å². The first-order valence-electron chi connectivity index (χ1n) is 9.19. The van der Waals surface area contributed by atoms with E-state index in [4.69, 9.17) is 9.15 Å². The summed E-state index contributed by atoms with van der Waals surface area (Å²) < 4.78 is 38.5. The summed E-state index contributed by atoms with van der Waals surface area (Å²) in [6, 6.07) is 10.2. The van der Waals surface area contributed by atoms with Crippen molar-refractivity contribution in [1.82, 2.24) is 14.5 Å². The lowest BCUT2D eigenvalue weighted by Crippen LogP contribution is -2.62. The molecule has 1 aromatic heterocycles. The third-order valence-electron chi connectivity index (χ3n) is 4.99. The molecule has 150 valence electrons. The highest BCUT2D eigenvalue weighted by Crippen LogP contribution is 2.25. The van der Waals surface area contributed by atoms with Gasteiger partial charge in [0, 0.05) is 13.1 Å². The normalized spacial score (nSPS) is 22.8. The molecule has 2 unspecified atom stereocenters. The zero-order valence-electron chi connectivity index (χ0n) is 15.6. The van der Waals surface area contributed by atoms with Crippen molar-refractivity contribution in [2.45, 2.75) is 30.6 Å². The topological polar surface area (TPSA) is 92.1 Å². The predicted molar refractivity (Wildman–Crippen MR) is 101 cm³/mol. The van der Waals surface area contributed by atoms with E-state index in [-0.39, 0.29) is 36.2 Å². The van der Waals surface area contributed by atoms with E-state index in [2.05, 4.69) is 5.32 Å². The standard InChI is InChI=1S/C19H23N3O5S/c1-14-4-6-18(7-5-14)28(24,25)22-12-16-10-21(11-17(13-22)27-16)19(23)20-9-15-3-2-8-26-15/h2-8,16-17H,9-13H2,1H3,(H,20,23). The SMILES string of the molecule is Cc1ccc(S(=O)(=O)N2CC3CN(C(=O)NCc4ccco4)CC(C2)O3)cc1. The predicted octanol–water partition coefficient (Wildman–Crippen LogP) is 1.57. The van der Waals surface area contributed by atoms with Crippen molar-refractivity contribution in [1.29, 1.82) is 0 Å². The van der Waals surface area contributed by atoms with Crippen LogP contribution in [-0.4, -0.2) is 62.0 Å². The van der Waals surface area contributed by atoms with E-state index >= 15 is 0 Å². The van der Waals surface area contributed by atoms with Crippen molar-refractivity contribution in [3.63, 3.8) is 0 Å². The third-order valence-corrected chi connectivity index (χ3v) is 6.83. The van der Waals surface area contributed by atoms with Crippen LogP contribution in [0.5, 0.6) is 0 Å². The van der Waals surface area contributed by atoms with Gasteiger partial charge in [0.1, 0.15) is 5.76 Å². The van der Waals surface area contributed by atoms with Crippen molar-refractivity contribution >= 4 is 16.1 Å². The van der Waals surface area contributed by atoms with Gasteiger partial charge in [-0.3, -0.25) is 0 Å². The van der Waals surface area contributed by atoms with E-state index in [9.17, 15) is 13.2 Å². The molecule has 9 heteroatoms. The van der Waals surface area contributed by atoms with Crippen molar-refractivity contribution in [3.8, 4) is 0 Å². The summed E-state index contributed by atoms with van der Waals surface area (Å²) >= 11 is 0. The molecule has 2 amide bonds. The molecule has 2 aromatic rings. The number of sulfonamides is 1. The van der Waals surface area contributed by atoms with E-state index in [0.717, 1.165) is 5.56 Å². The molecule has 2 atom stereocenters. The molecule has 0 radical (unpaired) electrons. The Morgan fingerprint density at radius 3 is 2.39 bits per heavy atom. The average molecular weight is 405 g/mol. The van der Waals surface area contributed by atoms with Crippen LogP contribution < -0.4 is 5.32 Å². The van der Waals surface area contributed by atoms with Gasteiger partial charge >= 0.3 is 6.03 Å². The molecule has 8 nitrogen and oxygen atoms in total. The molecule has 0 aliphatic carbocycles. The molecule has 4 rings (SSSR count). The fraction of sp³-hybridized carbons (Fsp3) is 0.421. The summed E-state index contributed by atoms with van der Waals surface area (Å²) in [4.78, 5) is 14.4. The highest BCUT2D eigenvalue weighted by atomic mass is 32.2. The number of nitrogens with zero attached hydrogens (tertiary/aromatic N) is 2. The number of ether oxygens (including phenoxy) is 1. The second-order valence-electron chi connectivity index (χ2n) is 7.16. The number of carbonyl (C=O) groups excluding carboxylic acids is 1. The lowest BCUT2D eigenvalue weighted by atomic mass is 10.1. The molecule has 0 saturated carbocycles. The first-order valence-corrected chi connectivity index (χ1v) is 10.6. The van der Waals surface area contributed by atoms with Gasteiger partial charge in [-0.15, -0.1) is 0 Å². The first kappa shape index (κ1) is 19.0. The van der Waals surface area contributed by atoms with Gasteiger partial charge < -0.3 is 19.4 Å². The van der Waals surface area contributed by atoms with Crippen LogP contribution >= 0.6 is 0 Å². The Hall–Kier alpha value is -2.36. The minimum Gasteiger partial charge on any atom is -0.467 e. The summed E-state index contributed by atoms with van der Waals surface area (Å²) in [7, 11) is -3.58. The van der Waals surface area contributed by atoms with Gasteiger partial charge in [0.25, 0.3) is 0 Å². The fourth-order valence-electron chi connectivity index (χ4n) is 3.56. The van der Waals surface area contributed by atoms with E-state index in [1.54, 1.807) is 47.6 Å². The summed E-state index contributed by atoms with van der Waals surface area (Å²) in [5.74, 6) is 0.678. The Labute approximate surface area is 164 Å². The molecule has 0 spiro atoms. The number of nitrogens with one attached hydrogen (secondary N) is 1. The van der Waals surface area contributed by atoms with Crippen LogP contribution in [0.2, 0.25) is 0 Å². The molecule has 2 fully saturated rings. The second kappa shape index (κ2) is 7.57. The number of fused-ring (bicyclic) bond motifs is 2. The molecule has 2 saturated heterocycles. The smallest absolute Gasteiger partial charge is 0.317 e. The Kier molecular flexibility index (Phi) is 5.13. The van der Waals surface area contributed by atoms with Crippen LogP contribution in [0.25, 0.3) is 0 Å². The van der Waals surface area contributed by atoms with Crippen LogP contribution in [-0.2, 0) is 21.3 Å². The molecule has 1 aromatic carbocycles. The average Bonchev–Trinajstić information content (AvgIpc) is 3.19. The van der Waals surface area contributed by atoms with Crippen LogP contribution in [0.1, 0.15) is 11.3 Å². The van der Waals surface area contributed by atoms with Crippen molar-refractivity contribution in [2.24, 2.45) is 0 Å². The molecule has 2 aliphatic rings. The maximum Gasteiger partial charge on any atom is 0.317 e. The number of morpholine rings is 2. The third kappa shape index (κ3) is 3.91. The lowest BCUT2D eigenvalue weighted by Gasteiger charge is -2.45. The number of benzene rings is 1. The Morgan fingerprint density at radius 1 is 1.11 bits per heavy atom. The summed E-state index contributed by atoms with van der Waals surface area (Å²) in [5, 5.41) is 2.82. The summed E-state index contributed by atoms with van der Waals surface area (Å²) in [6.07, 6.45) is 0.869. The maximum atomic E-state index is 12.9. The molecule has 2 aliphatic heterocycles. The molecule has 3 heterocycles. The summed E-state index contributed by atoms with van der Waals surface area (Å²) in [5.41, 5.74) is 1.01. The number of amides is 2.